The van der Waals surface area contributed by atoms with Gasteiger partial charge in [-0.15, -0.1) is 0 Å². The van der Waals surface area contributed by atoms with Crippen LogP contribution in [0.15, 0.2) is 42.5 Å². The van der Waals surface area contributed by atoms with Gasteiger partial charge in [-0.1, -0.05) is 25.0 Å². The summed E-state index contributed by atoms with van der Waals surface area (Å²) < 4.78 is 28.8. The Balaban J connectivity index is 1.74. The Bertz CT molecular complexity index is 913. The number of nitro groups is 1. The molecule has 166 valence electrons. The molecule has 0 aliphatic carbocycles. The number of hydrogen-bond acceptors (Lipinski definition) is 5. The van der Waals surface area contributed by atoms with Crippen molar-refractivity contribution in [2.24, 2.45) is 0 Å². The Hall–Kier alpha value is -3.23. The maximum absolute atomic E-state index is 12.8. The molecule has 31 heavy (non-hydrogen) atoms. The van der Waals surface area contributed by atoms with E-state index in [1.165, 1.54) is 23.1 Å². The van der Waals surface area contributed by atoms with Gasteiger partial charge in [0.2, 0.25) is 0 Å². The van der Waals surface area contributed by atoms with Crippen molar-refractivity contribution >= 4 is 17.3 Å². The van der Waals surface area contributed by atoms with Crippen LogP contribution >= 0.6 is 0 Å². The number of halogens is 2. The van der Waals surface area contributed by atoms with Gasteiger partial charge in [0, 0.05) is 38.3 Å². The molecule has 0 unspecified atom stereocenters. The van der Waals surface area contributed by atoms with Gasteiger partial charge in [-0.25, -0.2) is 0 Å². The molecule has 1 heterocycles. The zero-order chi connectivity index (χ0) is 22.4. The lowest BCUT2D eigenvalue weighted by atomic mass is 10.1. The molecule has 2 aromatic rings. The number of carbonyl (C=O) groups excluding carboxylic acids is 1. The number of anilines is 1. The number of alkyl halides is 2. The van der Waals surface area contributed by atoms with Gasteiger partial charge in [-0.2, -0.15) is 8.78 Å². The van der Waals surface area contributed by atoms with Crippen LogP contribution in [0.5, 0.6) is 5.75 Å². The maximum atomic E-state index is 12.8. The smallest absolute Gasteiger partial charge is 0.387 e. The second-order valence-corrected chi connectivity index (χ2v) is 7.55. The van der Waals surface area contributed by atoms with Crippen molar-refractivity contribution in [1.82, 2.24) is 4.90 Å². The molecular formula is C22H25F2N3O4. The van der Waals surface area contributed by atoms with Gasteiger partial charge in [-0.3, -0.25) is 14.9 Å². The number of nitro benzene ring substituents is 1. The van der Waals surface area contributed by atoms with E-state index in [-0.39, 0.29) is 29.5 Å². The first-order valence-corrected chi connectivity index (χ1v) is 10.2. The number of hydrogen-bond donors (Lipinski definition) is 0. The van der Waals surface area contributed by atoms with Crippen molar-refractivity contribution in [2.45, 2.75) is 38.8 Å². The van der Waals surface area contributed by atoms with Crippen molar-refractivity contribution in [3.05, 3.63) is 63.7 Å². The molecule has 0 N–H and O–H groups in total. The second-order valence-electron chi connectivity index (χ2n) is 7.55. The molecule has 0 aromatic heterocycles. The molecule has 0 atom stereocenters. The standard InChI is InChI=1S/C22H25F2N3O4/c1-25(15-16-6-9-18(10-7-16)31-22(23)24)21(28)17-8-11-19(20(14-17)27(29)30)26-12-4-2-3-5-13-26/h6-11,14,22H,2-5,12-13,15H2,1H3. The fourth-order valence-electron chi connectivity index (χ4n) is 3.72. The van der Waals surface area contributed by atoms with Crippen LogP contribution in [0, 0.1) is 10.1 Å². The van der Waals surface area contributed by atoms with Gasteiger partial charge in [0.1, 0.15) is 11.4 Å². The molecule has 0 spiro atoms. The Morgan fingerprint density at radius 1 is 1.13 bits per heavy atom. The molecule has 1 aliphatic rings. The van der Waals surface area contributed by atoms with Gasteiger partial charge < -0.3 is 14.5 Å². The highest BCUT2D eigenvalue weighted by atomic mass is 19.3. The van der Waals surface area contributed by atoms with Crippen molar-refractivity contribution in [1.29, 1.82) is 0 Å². The molecule has 3 rings (SSSR count). The van der Waals surface area contributed by atoms with E-state index in [0.29, 0.717) is 11.3 Å². The minimum absolute atomic E-state index is 0.0347. The first kappa shape index (κ1) is 22.5. The number of carbonyl (C=O) groups is 1. The predicted molar refractivity (Wildman–Crippen MR) is 113 cm³/mol. The largest absolute Gasteiger partial charge is 0.435 e. The van der Waals surface area contributed by atoms with Gasteiger partial charge in [-0.05, 0) is 42.7 Å². The summed E-state index contributed by atoms with van der Waals surface area (Å²) in [6, 6.07) is 10.6. The van der Waals surface area contributed by atoms with Crippen LogP contribution in [-0.2, 0) is 6.54 Å². The Morgan fingerprint density at radius 3 is 2.35 bits per heavy atom. The highest BCUT2D eigenvalue weighted by molar-refractivity contribution is 5.95. The van der Waals surface area contributed by atoms with Crippen LogP contribution in [0.25, 0.3) is 0 Å². The zero-order valence-corrected chi connectivity index (χ0v) is 17.3. The zero-order valence-electron chi connectivity index (χ0n) is 17.3. The summed E-state index contributed by atoms with van der Waals surface area (Å²) in [6.45, 7) is -1.16. The predicted octanol–water partition coefficient (Wildman–Crippen LogP) is 4.85. The fourth-order valence-corrected chi connectivity index (χ4v) is 3.72. The topological polar surface area (TPSA) is 75.9 Å². The summed E-state index contributed by atoms with van der Waals surface area (Å²) >= 11 is 0. The molecule has 1 aliphatic heterocycles. The SMILES string of the molecule is CN(Cc1ccc(OC(F)F)cc1)C(=O)c1ccc(N2CCCCCC2)c([N+](=O)[O-])c1. The summed E-state index contributed by atoms with van der Waals surface area (Å²) in [5.41, 5.74) is 1.41. The number of nitrogens with zero attached hydrogens (tertiary/aromatic N) is 3. The van der Waals surface area contributed by atoms with Gasteiger partial charge in [0.15, 0.2) is 0 Å². The van der Waals surface area contributed by atoms with Crippen molar-refractivity contribution in [3.63, 3.8) is 0 Å². The van der Waals surface area contributed by atoms with E-state index < -0.39 is 11.5 Å². The van der Waals surface area contributed by atoms with Crippen LogP contribution in [0.3, 0.4) is 0 Å². The van der Waals surface area contributed by atoms with E-state index in [0.717, 1.165) is 38.8 Å². The molecule has 0 radical (unpaired) electrons. The number of ether oxygens (including phenoxy) is 1. The molecule has 1 fully saturated rings. The first-order chi connectivity index (χ1) is 14.8. The quantitative estimate of drug-likeness (QED) is 0.461. The molecule has 7 nitrogen and oxygen atoms in total. The van der Waals surface area contributed by atoms with Crippen LogP contribution in [0.2, 0.25) is 0 Å². The Morgan fingerprint density at radius 2 is 1.77 bits per heavy atom. The van der Waals surface area contributed by atoms with E-state index in [4.69, 9.17) is 0 Å². The normalized spacial score (nSPS) is 14.3. The van der Waals surface area contributed by atoms with Gasteiger partial charge in [0.25, 0.3) is 11.6 Å². The third-order valence-corrected chi connectivity index (χ3v) is 5.28. The highest BCUT2D eigenvalue weighted by Crippen LogP contribution is 2.31. The van der Waals surface area contributed by atoms with Gasteiger partial charge >= 0.3 is 6.61 Å². The second kappa shape index (κ2) is 10.2. The lowest BCUT2D eigenvalue weighted by Crippen LogP contribution is -2.27. The van der Waals surface area contributed by atoms with E-state index in [1.807, 2.05) is 4.90 Å². The third-order valence-electron chi connectivity index (χ3n) is 5.28. The Kier molecular flexibility index (Phi) is 7.38. The average molecular weight is 433 g/mol. The summed E-state index contributed by atoms with van der Waals surface area (Å²) in [5, 5.41) is 11.7. The molecule has 2 aromatic carbocycles. The van der Waals surface area contributed by atoms with Crippen LogP contribution < -0.4 is 9.64 Å². The number of amides is 1. The number of rotatable bonds is 7. The molecule has 1 amide bonds. The van der Waals surface area contributed by atoms with E-state index in [2.05, 4.69) is 4.74 Å². The molecule has 9 heteroatoms. The summed E-state index contributed by atoms with van der Waals surface area (Å²) in [4.78, 5) is 27.5. The molecule has 0 saturated carbocycles. The Labute approximate surface area is 179 Å². The van der Waals surface area contributed by atoms with E-state index >= 15 is 0 Å². The minimum Gasteiger partial charge on any atom is -0.435 e. The fraction of sp³-hybridized carbons (Fsp3) is 0.409. The highest BCUT2D eigenvalue weighted by Gasteiger charge is 2.23. The summed E-state index contributed by atoms with van der Waals surface area (Å²) in [6.07, 6.45) is 4.20. The van der Waals surface area contributed by atoms with E-state index in [9.17, 15) is 23.7 Å². The van der Waals surface area contributed by atoms with Crippen molar-refractivity contribution in [3.8, 4) is 5.75 Å². The summed E-state index contributed by atoms with van der Waals surface area (Å²) in [7, 11) is 1.58. The first-order valence-electron chi connectivity index (χ1n) is 10.2. The maximum Gasteiger partial charge on any atom is 0.387 e. The van der Waals surface area contributed by atoms with Crippen molar-refractivity contribution < 1.29 is 23.2 Å². The van der Waals surface area contributed by atoms with Crippen LogP contribution in [-0.4, -0.2) is 42.5 Å². The number of benzene rings is 2. The molecule has 1 saturated heterocycles. The summed E-state index contributed by atoms with van der Waals surface area (Å²) in [5.74, 6) is -0.328. The van der Waals surface area contributed by atoms with Crippen LogP contribution in [0.4, 0.5) is 20.2 Å². The molecular weight excluding hydrogens is 408 g/mol. The lowest BCUT2D eigenvalue weighted by molar-refractivity contribution is -0.384. The van der Waals surface area contributed by atoms with Crippen molar-refractivity contribution in [2.75, 3.05) is 25.0 Å². The lowest BCUT2D eigenvalue weighted by Gasteiger charge is -2.23. The molecule has 0 bridgehead atoms. The van der Waals surface area contributed by atoms with Gasteiger partial charge in [0.05, 0.1) is 4.92 Å². The van der Waals surface area contributed by atoms with E-state index in [1.54, 1.807) is 31.3 Å². The monoisotopic (exact) mass is 433 g/mol. The van der Waals surface area contributed by atoms with Crippen LogP contribution in [0.1, 0.15) is 41.6 Å². The average Bonchev–Trinajstić information content (AvgIpc) is 3.03. The third kappa shape index (κ3) is 5.90. The minimum atomic E-state index is -2.90.